The first-order chi connectivity index (χ1) is 10.1. The van der Waals surface area contributed by atoms with Gasteiger partial charge in [0, 0.05) is 18.5 Å². The third-order valence-electron chi connectivity index (χ3n) is 2.82. The maximum Gasteiger partial charge on any atom is 0.255 e. The van der Waals surface area contributed by atoms with Crippen LogP contribution in [0.3, 0.4) is 0 Å². The summed E-state index contributed by atoms with van der Waals surface area (Å²) in [6.45, 7) is 0.164. The second kappa shape index (κ2) is 6.34. The highest BCUT2D eigenvalue weighted by Crippen LogP contribution is 2.21. The van der Waals surface area contributed by atoms with Crippen LogP contribution in [0.4, 0.5) is 0 Å². The third-order valence-corrected chi connectivity index (χ3v) is 2.82. The summed E-state index contributed by atoms with van der Waals surface area (Å²) >= 11 is 0. The average molecular weight is 283 g/mol. The van der Waals surface area contributed by atoms with Gasteiger partial charge in [-0.3, -0.25) is 14.7 Å². The van der Waals surface area contributed by atoms with E-state index in [1.165, 1.54) is 6.20 Å². The van der Waals surface area contributed by atoms with Gasteiger partial charge in [0.05, 0.1) is 29.1 Å². The van der Waals surface area contributed by atoms with E-state index in [-0.39, 0.29) is 18.9 Å². The molecule has 7 nitrogen and oxygen atoms in total. The Morgan fingerprint density at radius 2 is 2.24 bits per heavy atom. The van der Waals surface area contributed by atoms with E-state index in [1.54, 1.807) is 24.3 Å². The number of aromatic nitrogens is 2. The van der Waals surface area contributed by atoms with Crippen LogP contribution in [0.15, 0.2) is 30.5 Å². The number of carbonyl (C=O) groups is 2. The molecule has 0 fully saturated rings. The van der Waals surface area contributed by atoms with Crippen LogP contribution >= 0.6 is 0 Å². The predicted octanol–water partition coefficient (Wildman–Crippen LogP) is 0.554. The normalized spacial score (nSPS) is 9.86. The van der Waals surface area contributed by atoms with Crippen molar-refractivity contribution in [2.75, 3.05) is 6.54 Å². The van der Waals surface area contributed by atoms with Crippen LogP contribution in [0, 0.1) is 11.3 Å². The molecule has 0 aliphatic rings. The molecule has 0 atom stereocenters. The van der Waals surface area contributed by atoms with Crippen LogP contribution in [0.25, 0.3) is 11.3 Å². The van der Waals surface area contributed by atoms with Crippen LogP contribution in [-0.4, -0.2) is 28.6 Å². The number of benzene rings is 1. The number of nitriles is 1. The smallest absolute Gasteiger partial charge is 0.255 e. The Hall–Kier alpha value is -3.14. The van der Waals surface area contributed by atoms with E-state index in [0.29, 0.717) is 22.4 Å². The van der Waals surface area contributed by atoms with E-state index >= 15 is 0 Å². The number of nitrogens with zero attached hydrogens (tertiary/aromatic N) is 2. The molecule has 2 aromatic rings. The summed E-state index contributed by atoms with van der Waals surface area (Å²) in [5.74, 6) is -0.841. The fraction of sp³-hybridized carbons (Fsp3) is 0.143. The van der Waals surface area contributed by atoms with Crippen LogP contribution in [0.5, 0.6) is 0 Å². The quantitative estimate of drug-likeness (QED) is 0.741. The Labute approximate surface area is 120 Å². The van der Waals surface area contributed by atoms with E-state index in [0.717, 1.165) is 0 Å². The molecular weight excluding hydrogens is 270 g/mol. The van der Waals surface area contributed by atoms with Crippen molar-refractivity contribution in [1.82, 2.24) is 15.5 Å². The number of amides is 2. The van der Waals surface area contributed by atoms with Gasteiger partial charge in [0.25, 0.3) is 5.91 Å². The van der Waals surface area contributed by atoms with Gasteiger partial charge in [-0.05, 0) is 12.1 Å². The minimum Gasteiger partial charge on any atom is -0.370 e. The maximum atomic E-state index is 12.0. The van der Waals surface area contributed by atoms with Gasteiger partial charge in [-0.2, -0.15) is 10.4 Å². The molecule has 0 radical (unpaired) electrons. The number of nitrogens with one attached hydrogen (secondary N) is 2. The first-order valence-electron chi connectivity index (χ1n) is 6.22. The Morgan fingerprint density at radius 1 is 1.43 bits per heavy atom. The lowest BCUT2D eigenvalue weighted by molar-refractivity contribution is -0.117. The van der Waals surface area contributed by atoms with Gasteiger partial charge in [-0.15, -0.1) is 0 Å². The van der Waals surface area contributed by atoms with Crippen molar-refractivity contribution in [2.24, 2.45) is 5.73 Å². The molecule has 0 saturated heterocycles. The van der Waals surface area contributed by atoms with Gasteiger partial charge in [-0.1, -0.05) is 12.1 Å². The number of carbonyl (C=O) groups excluding carboxylic acids is 2. The fourth-order valence-electron chi connectivity index (χ4n) is 1.82. The topological polar surface area (TPSA) is 125 Å². The molecule has 2 amide bonds. The van der Waals surface area contributed by atoms with Crippen molar-refractivity contribution < 1.29 is 9.59 Å². The lowest BCUT2D eigenvalue weighted by Gasteiger charge is -2.05. The number of hydrogen-bond donors (Lipinski definition) is 3. The van der Waals surface area contributed by atoms with Crippen molar-refractivity contribution in [1.29, 1.82) is 5.26 Å². The van der Waals surface area contributed by atoms with Crippen LogP contribution in [0.1, 0.15) is 22.3 Å². The summed E-state index contributed by atoms with van der Waals surface area (Å²) in [5, 5.41) is 18.1. The van der Waals surface area contributed by atoms with Gasteiger partial charge in [0.1, 0.15) is 0 Å². The summed E-state index contributed by atoms with van der Waals surface area (Å²) in [5.41, 5.74) is 7.05. The Morgan fingerprint density at radius 3 is 2.95 bits per heavy atom. The Kier molecular flexibility index (Phi) is 4.31. The van der Waals surface area contributed by atoms with Crippen molar-refractivity contribution >= 4 is 11.8 Å². The largest absolute Gasteiger partial charge is 0.370 e. The van der Waals surface area contributed by atoms with Crippen LogP contribution < -0.4 is 11.1 Å². The van der Waals surface area contributed by atoms with E-state index in [1.807, 2.05) is 6.07 Å². The molecule has 0 bridgehead atoms. The Balaban J connectivity index is 2.20. The molecule has 2 rings (SSSR count). The second-order valence-electron chi connectivity index (χ2n) is 4.32. The van der Waals surface area contributed by atoms with Gasteiger partial charge < -0.3 is 11.1 Å². The molecule has 1 aromatic carbocycles. The zero-order valence-corrected chi connectivity index (χ0v) is 11.1. The number of aromatic amines is 1. The highest BCUT2D eigenvalue weighted by atomic mass is 16.2. The second-order valence-corrected chi connectivity index (χ2v) is 4.32. The molecule has 0 aliphatic heterocycles. The van der Waals surface area contributed by atoms with Gasteiger partial charge in [-0.25, -0.2) is 0 Å². The van der Waals surface area contributed by atoms with Gasteiger partial charge >= 0.3 is 0 Å². The molecule has 0 aliphatic carbocycles. The average Bonchev–Trinajstić information content (AvgIpc) is 2.96. The minimum atomic E-state index is -0.482. The summed E-state index contributed by atoms with van der Waals surface area (Å²) in [4.78, 5) is 22.7. The van der Waals surface area contributed by atoms with Gasteiger partial charge in [0.15, 0.2) is 0 Å². The number of H-pyrrole nitrogens is 1. The lowest BCUT2D eigenvalue weighted by atomic mass is 10.1. The third kappa shape index (κ3) is 3.45. The highest BCUT2D eigenvalue weighted by Gasteiger charge is 2.15. The van der Waals surface area contributed by atoms with E-state index < -0.39 is 5.91 Å². The molecule has 7 heteroatoms. The molecule has 1 aromatic heterocycles. The maximum absolute atomic E-state index is 12.0. The first-order valence-corrected chi connectivity index (χ1v) is 6.22. The minimum absolute atomic E-state index is 0.0723. The summed E-state index contributed by atoms with van der Waals surface area (Å²) < 4.78 is 0. The van der Waals surface area contributed by atoms with Crippen molar-refractivity contribution in [3.63, 3.8) is 0 Å². The molecule has 0 unspecified atom stereocenters. The highest BCUT2D eigenvalue weighted by molar-refractivity contribution is 5.99. The van der Waals surface area contributed by atoms with E-state index in [4.69, 9.17) is 11.0 Å². The lowest BCUT2D eigenvalue weighted by Crippen LogP contribution is -2.27. The van der Waals surface area contributed by atoms with Crippen molar-refractivity contribution in [3.8, 4) is 17.3 Å². The molecule has 0 spiro atoms. The summed E-state index contributed by atoms with van der Waals surface area (Å²) in [6.07, 6.45) is 1.47. The summed E-state index contributed by atoms with van der Waals surface area (Å²) in [6, 6.07) is 8.87. The number of rotatable bonds is 5. The van der Waals surface area contributed by atoms with Crippen LogP contribution in [0.2, 0.25) is 0 Å². The number of hydrogen-bond acceptors (Lipinski definition) is 4. The summed E-state index contributed by atoms with van der Waals surface area (Å²) in [7, 11) is 0. The van der Waals surface area contributed by atoms with E-state index in [2.05, 4.69) is 15.5 Å². The van der Waals surface area contributed by atoms with Crippen molar-refractivity contribution in [3.05, 3.63) is 41.6 Å². The van der Waals surface area contributed by atoms with E-state index in [9.17, 15) is 9.59 Å². The monoisotopic (exact) mass is 283 g/mol. The van der Waals surface area contributed by atoms with Crippen LogP contribution in [-0.2, 0) is 4.79 Å². The molecule has 106 valence electrons. The molecular formula is C14H13N5O2. The molecule has 21 heavy (non-hydrogen) atoms. The molecule has 1 heterocycles. The molecule has 0 saturated carbocycles. The zero-order valence-electron chi connectivity index (χ0n) is 11.1. The van der Waals surface area contributed by atoms with Gasteiger partial charge in [0.2, 0.25) is 5.91 Å². The standard InChI is InChI=1S/C14H13N5O2/c15-7-9-2-1-3-10(6-9)13-11(8-18-19-13)14(21)17-5-4-12(16)20/h1-3,6,8H,4-5H2,(H2,16,20)(H,17,21)(H,18,19). The first kappa shape index (κ1) is 14.3. The predicted molar refractivity (Wildman–Crippen MR) is 74.9 cm³/mol. The number of primary amides is 1. The SMILES string of the molecule is N#Cc1cccc(-c2[nH]ncc2C(=O)NCCC(N)=O)c1. The zero-order chi connectivity index (χ0) is 15.2. The number of nitrogens with two attached hydrogens (primary N) is 1. The molecule has 4 N–H and O–H groups in total. The Bertz CT molecular complexity index is 714. The fourth-order valence-corrected chi connectivity index (χ4v) is 1.82. The van der Waals surface area contributed by atoms with Crippen molar-refractivity contribution in [2.45, 2.75) is 6.42 Å².